The SMILES string of the molecule is C=C(CCCc1ccccc1)OP(=O)(C#CCCCC)OCC. The lowest BCUT2D eigenvalue weighted by Gasteiger charge is -2.15. The monoisotopic (exact) mass is 334 g/mol. The fraction of sp³-hybridized carbons (Fsp3) is 0.474. The van der Waals surface area contributed by atoms with Crippen LogP contribution in [0.2, 0.25) is 0 Å². The summed E-state index contributed by atoms with van der Waals surface area (Å²) in [6.45, 7) is 8.03. The Balaban J connectivity index is 2.46. The topological polar surface area (TPSA) is 35.5 Å². The van der Waals surface area contributed by atoms with Crippen molar-refractivity contribution in [2.45, 2.75) is 52.4 Å². The molecule has 0 fully saturated rings. The van der Waals surface area contributed by atoms with E-state index in [1.54, 1.807) is 6.92 Å². The maximum absolute atomic E-state index is 12.5. The van der Waals surface area contributed by atoms with E-state index in [1.807, 2.05) is 18.2 Å². The van der Waals surface area contributed by atoms with Gasteiger partial charge in [-0.25, -0.2) is 4.57 Å². The van der Waals surface area contributed by atoms with E-state index in [0.717, 1.165) is 25.7 Å². The van der Waals surface area contributed by atoms with Crippen molar-refractivity contribution in [3.63, 3.8) is 0 Å². The zero-order valence-electron chi connectivity index (χ0n) is 14.2. The molecule has 0 bridgehead atoms. The summed E-state index contributed by atoms with van der Waals surface area (Å²) in [5.41, 5.74) is 3.94. The van der Waals surface area contributed by atoms with Crippen LogP contribution in [0.1, 0.15) is 51.5 Å². The molecule has 0 aromatic heterocycles. The van der Waals surface area contributed by atoms with Gasteiger partial charge in [0.05, 0.1) is 12.4 Å². The second kappa shape index (κ2) is 11.1. The highest BCUT2D eigenvalue weighted by atomic mass is 31.2. The highest BCUT2D eigenvalue weighted by Gasteiger charge is 2.23. The Morgan fingerprint density at radius 1 is 1.22 bits per heavy atom. The van der Waals surface area contributed by atoms with Crippen molar-refractivity contribution < 1.29 is 13.6 Å². The standard InChI is InChI=1S/C19H27O3P/c1-4-6-7-11-17-23(20,21-5-2)22-18(3)13-12-16-19-14-9-8-10-15-19/h8-10,14-15H,3-7,12-13,16H2,1-2H3. The van der Waals surface area contributed by atoms with E-state index in [1.165, 1.54) is 5.56 Å². The first-order chi connectivity index (χ1) is 11.1. The van der Waals surface area contributed by atoms with Gasteiger partial charge < -0.3 is 4.52 Å². The van der Waals surface area contributed by atoms with Gasteiger partial charge >= 0.3 is 7.60 Å². The van der Waals surface area contributed by atoms with Gasteiger partial charge in [0.2, 0.25) is 0 Å². The number of hydrogen-bond donors (Lipinski definition) is 0. The van der Waals surface area contributed by atoms with Gasteiger partial charge in [0.1, 0.15) is 0 Å². The highest BCUT2D eigenvalue weighted by Crippen LogP contribution is 2.49. The van der Waals surface area contributed by atoms with Crippen LogP contribution >= 0.6 is 7.60 Å². The lowest BCUT2D eigenvalue weighted by molar-refractivity contribution is 0.256. The van der Waals surface area contributed by atoms with Crippen molar-refractivity contribution in [3.05, 3.63) is 48.2 Å². The zero-order valence-corrected chi connectivity index (χ0v) is 15.1. The van der Waals surface area contributed by atoms with Crippen LogP contribution in [0.25, 0.3) is 0 Å². The van der Waals surface area contributed by atoms with Crippen molar-refractivity contribution in [2.24, 2.45) is 0 Å². The van der Waals surface area contributed by atoms with Crippen LogP contribution in [0.15, 0.2) is 42.7 Å². The summed E-state index contributed by atoms with van der Waals surface area (Å²) in [5, 5.41) is 0. The summed E-state index contributed by atoms with van der Waals surface area (Å²) in [6.07, 6.45) is 5.21. The number of unbranched alkanes of at least 4 members (excludes halogenated alkanes) is 2. The van der Waals surface area contributed by atoms with Gasteiger partial charge in [-0.2, -0.15) is 0 Å². The molecule has 1 rings (SSSR count). The molecule has 3 nitrogen and oxygen atoms in total. The lowest BCUT2D eigenvalue weighted by atomic mass is 10.1. The van der Waals surface area contributed by atoms with E-state index in [0.29, 0.717) is 25.2 Å². The largest absolute Gasteiger partial charge is 0.456 e. The molecule has 0 saturated heterocycles. The summed E-state index contributed by atoms with van der Waals surface area (Å²) < 4.78 is 23.2. The summed E-state index contributed by atoms with van der Waals surface area (Å²) >= 11 is 0. The second-order valence-corrected chi connectivity index (χ2v) is 6.94. The van der Waals surface area contributed by atoms with E-state index in [-0.39, 0.29) is 0 Å². The molecule has 1 atom stereocenters. The van der Waals surface area contributed by atoms with Crippen LogP contribution in [0.5, 0.6) is 0 Å². The number of hydrogen-bond acceptors (Lipinski definition) is 3. The smallest absolute Gasteiger partial charge is 0.421 e. The molecule has 0 radical (unpaired) electrons. The molecule has 0 amide bonds. The van der Waals surface area contributed by atoms with Gasteiger partial charge in [-0.1, -0.05) is 56.2 Å². The molecular formula is C19H27O3P. The van der Waals surface area contributed by atoms with Crippen LogP contribution in [-0.2, 0) is 20.0 Å². The van der Waals surface area contributed by atoms with Gasteiger partial charge in [0.25, 0.3) is 0 Å². The molecule has 0 N–H and O–H groups in total. The number of benzene rings is 1. The third-order valence-corrected chi connectivity index (χ3v) is 4.71. The Morgan fingerprint density at radius 3 is 2.61 bits per heavy atom. The van der Waals surface area contributed by atoms with Crippen LogP contribution < -0.4 is 0 Å². The average molecular weight is 334 g/mol. The quantitative estimate of drug-likeness (QED) is 0.230. The van der Waals surface area contributed by atoms with Crippen molar-refractivity contribution in [3.8, 4) is 11.6 Å². The predicted molar refractivity (Wildman–Crippen MR) is 96.1 cm³/mol. The minimum atomic E-state index is -3.39. The first kappa shape index (κ1) is 19.6. The lowest BCUT2D eigenvalue weighted by Crippen LogP contribution is -1.95. The van der Waals surface area contributed by atoms with Crippen molar-refractivity contribution >= 4 is 7.60 Å². The molecule has 126 valence electrons. The summed E-state index contributed by atoms with van der Waals surface area (Å²) in [5.74, 6) is 3.37. The Morgan fingerprint density at radius 2 is 1.96 bits per heavy atom. The van der Waals surface area contributed by atoms with Gasteiger partial charge in [-0.3, -0.25) is 4.52 Å². The molecule has 1 aromatic carbocycles. The molecule has 4 heteroatoms. The molecule has 1 unspecified atom stereocenters. The third-order valence-electron chi connectivity index (χ3n) is 3.18. The van der Waals surface area contributed by atoms with Crippen LogP contribution in [0.3, 0.4) is 0 Å². The molecule has 0 saturated carbocycles. The molecule has 0 spiro atoms. The van der Waals surface area contributed by atoms with E-state index in [9.17, 15) is 4.57 Å². The highest BCUT2D eigenvalue weighted by molar-refractivity contribution is 7.59. The molecule has 0 aliphatic carbocycles. The summed E-state index contributed by atoms with van der Waals surface area (Å²) in [7, 11) is -3.39. The van der Waals surface area contributed by atoms with Gasteiger partial charge in [0, 0.05) is 18.5 Å². The average Bonchev–Trinajstić information content (AvgIpc) is 2.53. The third kappa shape index (κ3) is 8.65. The van der Waals surface area contributed by atoms with Gasteiger partial charge in [0.15, 0.2) is 0 Å². The zero-order chi connectivity index (χ0) is 17.0. The fourth-order valence-electron chi connectivity index (χ4n) is 2.02. The van der Waals surface area contributed by atoms with Crippen LogP contribution in [0.4, 0.5) is 0 Å². The fourth-order valence-corrected chi connectivity index (χ4v) is 3.26. The molecular weight excluding hydrogens is 307 g/mol. The Kier molecular flexibility index (Phi) is 9.45. The first-order valence-electron chi connectivity index (χ1n) is 8.25. The molecule has 23 heavy (non-hydrogen) atoms. The maximum Gasteiger partial charge on any atom is 0.456 e. The van der Waals surface area contributed by atoms with Crippen LogP contribution in [-0.4, -0.2) is 6.61 Å². The van der Waals surface area contributed by atoms with E-state index < -0.39 is 7.60 Å². The molecule has 1 aromatic rings. The van der Waals surface area contributed by atoms with Crippen LogP contribution in [0, 0.1) is 11.6 Å². The Labute approximate surface area is 140 Å². The molecule has 0 aliphatic rings. The number of allylic oxidation sites excluding steroid dienone is 1. The Hall–Kier alpha value is -1.49. The first-order valence-corrected chi connectivity index (χ1v) is 9.80. The minimum absolute atomic E-state index is 0.303. The second-order valence-electron chi connectivity index (χ2n) is 5.28. The van der Waals surface area contributed by atoms with E-state index in [4.69, 9.17) is 9.05 Å². The Bertz CT molecular complexity index is 569. The molecule has 0 heterocycles. The van der Waals surface area contributed by atoms with Gasteiger partial charge in [-0.15, -0.1) is 0 Å². The maximum atomic E-state index is 12.5. The number of aryl methyl sites for hydroxylation is 1. The normalized spacial score (nSPS) is 12.8. The summed E-state index contributed by atoms with van der Waals surface area (Å²) in [4.78, 5) is 0. The number of rotatable bonds is 10. The van der Waals surface area contributed by atoms with Crippen molar-refractivity contribution in [1.82, 2.24) is 0 Å². The minimum Gasteiger partial charge on any atom is -0.421 e. The predicted octanol–water partition coefficient (Wildman–Crippen LogP) is 5.92. The van der Waals surface area contributed by atoms with Crippen molar-refractivity contribution in [2.75, 3.05) is 6.61 Å². The molecule has 0 aliphatic heterocycles. The van der Waals surface area contributed by atoms with Crippen molar-refractivity contribution in [1.29, 1.82) is 0 Å². The van der Waals surface area contributed by atoms with Gasteiger partial charge in [-0.05, 0) is 31.7 Å². The summed E-state index contributed by atoms with van der Waals surface area (Å²) in [6, 6.07) is 10.2. The van der Waals surface area contributed by atoms with E-state index in [2.05, 4.69) is 37.2 Å². The van der Waals surface area contributed by atoms with E-state index >= 15 is 0 Å².